The number of hydrogen-bond acceptors (Lipinski definition) is 9. The minimum Gasteiger partial charge on any atom is -0.365 e. The minimum atomic E-state index is -3.39. The van der Waals surface area contributed by atoms with Crippen LogP contribution in [0.25, 0.3) is 17.2 Å². The summed E-state index contributed by atoms with van der Waals surface area (Å²) < 4.78 is 62.3. The first-order valence-electron chi connectivity index (χ1n) is 8.30. The van der Waals surface area contributed by atoms with E-state index in [4.69, 9.17) is 2.74 Å². The van der Waals surface area contributed by atoms with Gasteiger partial charge in [0.25, 0.3) is 0 Å². The lowest BCUT2D eigenvalue weighted by Crippen LogP contribution is -2.14. The third-order valence-electron chi connectivity index (χ3n) is 3.27. The number of sulfone groups is 1. The molecule has 0 saturated carbocycles. The summed E-state index contributed by atoms with van der Waals surface area (Å²) in [4.78, 5) is 12.1. The SMILES string of the molecule is [2H]C([2H])(CCS(C)(=O)=O)Nc1nonc1-c1noc(=O)n1-c1ccc(F)c(Br)c1. The molecule has 144 valence electrons. The first-order valence-corrected chi connectivity index (χ1v) is 10.2. The molecule has 0 unspecified atom stereocenters. The van der Waals surface area contributed by atoms with E-state index in [9.17, 15) is 17.6 Å². The Labute approximate surface area is 163 Å². The second-order valence-electron chi connectivity index (χ2n) is 5.35. The van der Waals surface area contributed by atoms with Crippen LogP contribution in [0.1, 0.15) is 9.16 Å². The van der Waals surface area contributed by atoms with E-state index >= 15 is 0 Å². The summed E-state index contributed by atoms with van der Waals surface area (Å²) in [6.07, 6.45) is 0.607. The molecule has 2 heterocycles. The van der Waals surface area contributed by atoms with Crippen LogP contribution in [0.2, 0.25) is 0 Å². The van der Waals surface area contributed by atoms with Gasteiger partial charge in [-0.25, -0.2) is 26.8 Å². The highest BCUT2D eigenvalue weighted by molar-refractivity contribution is 9.10. The van der Waals surface area contributed by atoms with E-state index in [2.05, 4.69) is 45.9 Å². The Morgan fingerprint density at radius 2 is 2.15 bits per heavy atom. The fourth-order valence-corrected chi connectivity index (χ4v) is 2.89. The molecule has 3 aromatic rings. The van der Waals surface area contributed by atoms with Crippen molar-refractivity contribution < 1.29 is 24.7 Å². The number of benzene rings is 1. The van der Waals surface area contributed by atoms with Gasteiger partial charge in [0, 0.05) is 15.5 Å². The average molecular weight is 464 g/mol. The maximum absolute atomic E-state index is 13.5. The summed E-state index contributed by atoms with van der Waals surface area (Å²) in [7, 11) is -3.39. The van der Waals surface area contributed by atoms with Gasteiger partial charge < -0.3 is 5.32 Å². The van der Waals surface area contributed by atoms with Crippen molar-refractivity contribution >= 4 is 31.6 Å². The van der Waals surface area contributed by atoms with E-state index in [1.165, 1.54) is 12.1 Å². The number of nitrogens with one attached hydrogen (secondary N) is 1. The lowest BCUT2D eigenvalue weighted by molar-refractivity contribution is 0.309. The molecular weight excluding hydrogens is 449 g/mol. The normalized spacial score (nSPS) is 13.3. The number of hydrogen-bond donors (Lipinski definition) is 1. The van der Waals surface area contributed by atoms with Gasteiger partial charge in [-0.05, 0) is 50.9 Å². The van der Waals surface area contributed by atoms with Crippen molar-refractivity contribution in [2.45, 2.75) is 6.42 Å². The van der Waals surface area contributed by atoms with E-state index in [1.54, 1.807) is 0 Å². The smallest absolute Gasteiger partial charge is 0.365 e. The Morgan fingerprint density at radius 1 is 1.37 bits per heavy atom. The van der Waals surface area contributed by atoms with E-state index in [1.807, 2.05) is 0 Å². The average Bonchev–Trinajstić information content (AvgIpc) is 3.21. The molecule has 0 aliphatic heterocycles. The molecule has 10 nitrogen and oxygen atoms in total. The van der Waals surface area contributed by atoms with Crippen molar-refractivity contribution in [1.29, 1.82) is 0 Å². The van der Waals surface area contributed by atoms with E-state index in [-0.39, 0.29) is 33.9 Å². The third-order valence-corrected chi connectivity index (χ3v) is 4.82. The second-order valence-corrected chi connectivity index (χ2v) is 8.46. The molecule has 1 aromatic carbocycles. The molecule has 27 heavy (non-hydrogen) atoms. The van der Waals surface area contributed by atoms with Gasteiger partial charge in [0.05, 0.1) is 15.9 Å². The Morgan fingerprint density at radius 3 is 2.85 bits per heavy atom. The summed E-state index contributed by atoms with van der Waals surface area (Å²) in [6, 6.07) is 3.73. The van der Waals surface area contributed by atoms with Crippen LogP contribution in [0.4, 0.5) is 10.2 Å². The first-order chi connectivity index (χ1) is 13.5. The van der Waals surface area contributed by atoms with Crippen molar-refractivity contribution in [3.8, 4) is 17.2 Å². The maximum atomic E-state index is 13.5. The Bertz CT molecular complexity index is 1210. The predicted octanol–water partition coefficient (Wildman–Crippen LogP) is 1.62. The molecule has 1 N–H and O–H groups in total. The molecule has 0 saturated heterocycles. The molecule has 0 amide bonds. The molecule has 2 aromatic heterocycles. The van der Waals surface area contributed by atoms with Crippen molar-refractivity contribution in [2.24, 2.45) is 0 Å². The van der Waals surface area contributed by atoms with Crippen LogP contribution in [0.15, 0.2) is 36.6 Å². The highest BCUT2D eigenvalue weighted by Gasteiger charge is 2.23. The van der Waals surface area contributed by atoms with Crippen molar-refractivity contribution in [2.75, 3.05) is 23.8 Å². The third kappa shape index (κ3) is 4.42. The van der Waals surface area contributed by atoms with Crippen LogP contribution < -0.4 is 11.1 Å². The maximum Gasteiger partial charge on any atom is 0.446 e. The molecule has 0 aliphatic carbocycles. The summed E-state index contributed by atoms with van der Waals surface area (Å²) in [5.41, 5.74) is 0.0214. The summed E-state index contributed by atoms with van der Waals surface area (Å²) >= 11 is 3.02. The number of nitrogens with zero attached hydrogens (tertiary/aromatic N) is 4. The van der Waals surface area contributed by atoms with Crippen LogP contribution in [0.3, 0.4) is 0 Å². The van der Waals surface area contributed by atoms with Gasteiger partial charge >= 0.3 is 5.76 Å². The van der Waals surface area contributed by atoms with Crippen LogP contribution in [-0.4, -0.2) is 47.0 Å². The quantitative estimate of drug-likeness (QED) is 0.554. The molecule has 0 aliphatic rings. The van der Waals surface area contributed by atoms with Gasteiger partial charge in [-0.15, -0.1) is 0 Å². The monoisotopic (exact) mass is 463 g/mol. The largest absolute Gasteiger partial charge is 0.446 e. The van der Waals surface area contributed by atoms with Gasteiger partial charge in [0.1, 0.15) is 15.7 Å². The highest BCUT2D eigenvalue weighted by Crippen LogP contribution is 2.26. The lowest BCUT2D eigenvalue weighted by Gasteiger charge is -2.05. The van der Waals surface area contributed by atoms with Gasteiger partial charge in [-0.1, -0.05) is 5.16 Å². The zero-order valence-corrected chi connectivity index (χ0v) is 16.0. The van der Waals surface area contributed by atoms with E-state index in [0.29, 0.717) is 0 Å². The van der Waals surface area contributed by atoms with Crippen molar-refractivity contribution in [3.05, 3.63) is 39.0 Å². The van der Waals surface area contributed by atoms with Gasteiger partial charge in [-0.3, -0.25) is 4.52 Å². The number of halogens is 2. The Balaban J connectivity index is 1.98. The first kappa shape index (κ1) is 16.6. The van der Waals surface area contributed by atoms with E-state index < -0.39 is 33.7 Å². The van der Waals surface area contributed by atoms with Crippen LogP contribution in [0.5, 0.6) is 0 Å². The van der Waals surface area contributed by atoms with Gasteiger partial charge in [-0.2, -0.15) is 0 Å². The molecule has 0 bridgehead atoms. The number of rotatable bonds is 7. The minimum absolute atomic E-state index is 0.0859. The Hall–Kier alpha value is -2.54. The van der Waals surface area contributed by atoms with Crippen molar-refractivity contribution in [3.63, 3.8) is 0 Å². The zero-order chi connectivity index (χ0) is 21.4. The molecule has 0 radical (unpaired) electrons. The Kier molecular flexibility index (Phi) is 4.68. The summed E-state index contributed by atoms with van der Waals surface area (Å²) in [6.45, 7) is -2.19. The topological polar surface area (TPSA) is 133 Å². The lowest BCUT2D eigenvalue weighted by atomic mass is 10.3. The molecule has 13 heteroatoms. The second kappa shape index (κ2) is 7.60. The van der Waals surface area contributed by atoms with Gasteiger partial charge in [0.15, 0.2) is 5.69 Å². The van der Waals surface area contributed by atoms with Gasteiger partial charge in [0.2, 0.25) is 11.6 Å². The predicted molar refractivity (Wildman–Crippen MR) is 95.9 cm³/mol. The highest BCUT2D eigenvalue weighted by atomic mass is 79.9. The molecule has 3 rings (SSSR count). The fraction of sp³-hybridized carbons (Fsp3) is 0.286. The molecule has 0 atom stereocenters. The molecule has 0 spiro atoms. The number of aromatic nitrogens is 4. The van der Waals surface area contributed by atoms with Crippen LogP contribution in [-0.2, 0) is 9.84 Å². The van der Waals surface area contributed by atoms with Crippen LogP contribution in [0, 0.1) is 5.82 Å². The standard InChI is InChI=1S/C14H13BrFN5O5S/c1-27(23,24)6-2-5-17-12-11(18-26-19-12)13-20-25-14(22)21(13)8-3-4-10(16)9(15)7-8/h3-4,7H,2,5-6H2,1H3,(H,17,19)/i5D2. The zero-order valence-electron chi connectivity index (χ0n) is 15.6. The molecular formula is C14H13BrFN5O5S. The van der Waals surface area contributed by atoms with E-state index in [0.717, 1.165) is 16.9 Å². The summed E-state index contributed by atoms with van der Waals surface area (Å²) in [5, 5.41) is 13.2. The fourth-order valence-electron chi connectivity index (χ4n) is 2.05. The summed E-state index contributed by atoms with van der Waals surface area (Å²) in [5.74, 6) is -2.29. The molecule has 0 fully saturated rings. The van der Waals surface area contributed by atoms with Crippen LogP contribution >= 0.6 is 15.9 Å². The number of anilines is 1. The van der Waals surface area contributed by atoms with Crippen molar-refractivity contribution in [1.82, 2.24) is 20.0 Å².